The third-order valence-corrected chi connectivity index (χ3v) is 2.72. The van der Waals surface area contributed by atoms with Gasteiger partial charge in [0.25, 0.3) is 5.92 Å². The summed E-state index contributed by atoms with van der Waals surface area (Å²) in [5, 5.41) is 14.6. The largest absolute Gasteiger partial charge is 0.390 e. The molecule has 106 valence electrons. The van der Waals surface area contributed by atoms with Crippen molar-refractivity contribution in [2.24, 2.45) is 7.05 Å². The van der Waals surface area contributed by atoms with E-state index >= 15 is 0 Å². The van der Waals surface area contributed by atoms with Gasteiger partial charge in [-0.2, -0.15) is 5.10 Å². The van der Waals surface area contributed by atoms with Crippen LogP contribution in [0.15, 0.2) is 6.08 Å². The zero-order valence-corrected chi connectivity index (χ0v) is 11.1. The first-order chi connectivity index (χ1) is 8.76. The lowest BCUT2D eigenvalue weighted by molar-refractivity contribution is -0.119. The van der Waals surface area contributed by atoms with Crippen LogP contribution in [-0.2, 0) is 11.8 Å². The number of aromatic nitrogens is 2. The summed E-state index contributed by atoms with van der Waals surface area (Å²) in [4.78, 5) is 11.4. The molecule has 0 radical (unpaired) electrons. The number of nitrogens with one attached hydrogen (secondary N) is 1. The second kappa shape index (κ2) is 5.92. The van der Waals surface area contributed by atoms with E-state index in [1.165, 1.54) is 12.2 Å². The summed E-state index contributed by atoms with van der Waals surface area (Å²) in [6, 6.07) is 0. The molecule has 19 heavy (non-hydrogen) atoms. The number of alkyl halides is 2. The van der Waals surface area contributed by atoms with E-state index in [-0.39, 0.29) is 0 Å². The maximum absolute atomic E-state index is 12.7. The zero-order chi connectivity index (χ0) is 14.6. The van der Waals surface area contributed by atoms with E-state index in [2.05, 4.69) is 5.10 Å². The molecule has 0 aliphatic rings. The number of halogens is 2. The Hall–Kier alpha value is -1.76. The van der Waals surface area contributed by atoms with Crippen LogP contribution in [0.4, 0.5) is 8.78 Å². The van der Waals surface area contributed by atoms with Crippen molar-refractivity contribution >= 4 is 12.0 Å². The Bertz CT molecular complexity index is 495. The van der Waals surface area contributed by atoms with Gasteiger partial charge < -0.3 is 10.4 Å². The summed E-state index contributed by atoms with van der Waals surface area (Å²) in [6.07, 6.45) is 2.70. The van der Waals surface area contributed by atoms with Crippen LogP contribution in [0.1, 0.15) is 17.0 Å². The van der Waals surface area contributed by atoms with Gasteiger partial charge in [-0.25, -0.2) is 8.78 Å². The highest BCUT2D eigenvalue weighted by atomic mass is 19.3. The predicted octanol–water partition coefficient (Wildman–Crippen LogP) is 0.794. The molecule has 1 rings (SSSR count). The van der Waals surface area contributed by atoms with Gasteiger partial charge in [0, 0.05) is 24.4 Å². The molecule has 1 amide bonds. The first-order valence-corrected chi connectivity index (χ1v) is 5.71. The van der Waals surface area contributed by atoms with E-state index in [0.29, 0.717) is 0 Å². The normalized spacial score (nSPS) is 12.1. The summed E-state index contributed by atoms with van der Waals surface area (Å²) in [7, 11) is 1.78. The van der Waals surface area contributed by atoms with Crippen LogP contribution in [0.5, 0.6) is 0 Å². The number of carbonyl (C=O) groups excluding carboxylic acids is 1. The molecule has 1 aromatic rings. The van der Waals surface area contributed by atoms with Crippen LogP contribution in [0.2, 0.25) is 0 Å². The Labute approximate surface area is 109 Å². The minimum atomic E-state index is -3.30. The molecule has 0 spiro atoms. The van der Waals surface area contributed by atoms with Crippen molar-refractivity contribution < 1.29 is 18.7 Å². The SMILES string of the molecule is Cc1nn(C)c(C)c1/C=C/C(=O)NCC(F)(F)CO. The van der Waals surface area contributed by atoms with Crippen molar-refractivity contribution in [3.05, 3.63) is 23.0 Å². The van der Waals surface area contributed by atoms with Gasteiger partial charge in [-0.3, -0.25) is 9.48 Å². The fourth-order valence-electron chi connectivity index (χ4n) is 1.52. The minimum absolute atomic E-state index is 0.643. The van der Waals surface area contributed by atoms with E-state index in [9.17, 15) is 13.6 Å². The Balaban J connectivity index is 2.64. The zero-order valence-electron chi connectivity index (χ0n) is 11.1. The molecule has 0 aliphatic carbocycles. The van der Waals surface area contributed by atoms with Gasteiger partial charge in [0.2, 0.25) is 5.91 Å². The number of carbonyl (C=O) groups is 1. The van der Waals surface area contributed by atoms with E-state index in [0.717, 1.165) is 17.0 Å². The molecule has 2 N–H and O–H groups in total. The number of aliphatic hydroxyl groups excluding tert-OH is 1. The summed E-state index contributed by atoms with van der Waals surface area (Å²) in [5.74, 6) is -3.94. The monoisotopic (exact) mass is 273 g/mol. The smallest absolute Gasteiger partial charge is 0.287 e. The molecule has 5 nitrogen and oxygen atoms in total. The molecule has 7 heteroatoms. The highest BCUT2D eigenvalue weighted by molar-refractivity contribution is 5.92. The van der Waals surface area contributed by atoms with Crippen molar-refractivity contribution in [2.75, 3.05) is 13.2 Å². The molecule has 1 heterocycles. The highest BCUT2D eigenvalue weighted by Gasteiger charge is 2.27. The number of nitrogens with zero attached hydrogens (tertiary/aromatic N) is 2. The molecular weight excluding hydrogens is 256 g/mol. The van der Waals surface area contributed by atoms with Gasteiger partial charge in [0.15, 0.2) is 0 Å². The fourth-order valence-corrected chi connectivity index (χ4v) is 1.52. The second-order valence-corrected chi connectivity index (χ2v) is 4.27. The number of aliphatic hydroxyl groups is 1. The third kappa shape index (κ3) is 4.13. The first kappa shape index (κ1) is 15.3. The number of hydrogen-bond acceptors (Lipinski definition) is 3. The molecule has 0 aromatic carbocycles. The topological polar surface area (TPSA) is 67.2 Å². The maximum atomic E-state index is 12.7. The average molecular weight is 273 g/mol. The van der Waals surface area contributed by atoms with Crippen LogP contribution in [0.3, 0.4) is 0 Å². The van der Waals surface area contributed by atoms with Crippen molar-refractivity contribution in [1.29, 1.82) is 0 Å². The van der Waals surface area contributed by atoms with Gasteiger partial charge in [-0.15, -0.1) is 0 Å². The molecule has 1 aromatic heterocycles. The number of amides is 1. The molecule has 0 atom stereocenters. The number of rotatable bonds is 5. The fraction of sp³-hybridized carbons (Fsp3) is 0.500. The van der Waals surface area contributed by atoms with E-state index in [1.807, 2.05) is 12.2 Å². The van der Waals surface area contributed by atoms with Gasteiger partial charge in [-0.1, -0.05) is 0 Å². The van der Waals surface area contributed by atoms with Crippen LogP contribution in [0.25, 0.3) is 6.08 Å². The lowest BCUT2D eigenvalue weighted by Gasteiger charge is -2.12. The van der Waals surface area contributed by atoms with Crippen LogP contribution < -0.4 is 5.32 Å². The molecular formula is C12H17F2N3O2. The van der Waals surface area contributed by atoms with Crippen LogP contribution >= 0.6 is 0 Å². The maximum Gasteiger partial charge on any atom is 0.287 e. The molecule has 0 fully saturated rings. The summed E-state index contributed by atoms with van der Waals surface area (Å²) >= 11 is 0. The van der Waals surface area contributed by atoms with Crippen LogP contribution in [-0.4, -0.2) is 39.9 Å². The lowest BCUT2D eigenvalue weighted by atomic mass is 10.2. The molecule has 0 aliphatic heterocycles. The number of hydrogen-bond donors (Lipinski definition) is 2. The van der Waals surface area contributed by atoms with Gasteiger partial charge in [-0.05, 0) is 19.9 Å². The lowest BCUT2D eigenvalue weighted by Crippen LogP contribution is -2.38. The van der Waals surface area contributed by atoms with Crippen molar-refractivity contribution in [3.8, 4) is 0 Å². The van der Waals surface area contributed by atoms with Gasteiger partial charge >= 0.3 is 0 Å². The molecule has 0 unspecified atom stereocenters. The standard InChI is InChI=1S/C12H17F2N3O2/c1-8-10(9(2)17(3)16-8)4-5-11(19)15-6-12(13,14)7-18/h4-5,18H,6-7H2,1-3H3,(H,15,19)/b5-4+. The summed E-state index contributed by atoms with van der Waals surface area (Å²) in [5.41, 5.74) is 2.42. The Morgan fingerprint density at radius 3 is 2.63 bits per heavy atom. The molecule has 0 saturated carbocycles. The average Bonchev–Trinajstić information content (AvgIpc) is 2.59. The molecule has 0 bridgehead atoms. The Kier molecular flexibility index (Phi) is 4.77. The van der Waals surface area contributed by atoms with Crippen molar-refractivity contribution in [3.63, 3.8) is 0 Å². The van der Waals surface area contributed by atoms with Gasteiger partial charge in [0.1, 0.15) is 6.61 Å². The minimum Gasteiger partial charge on any atom is -0.390 e. The Morgan fingerprint density at radius 2 is 2.16 bits per heavy atom. The quantitative estimate of drug-likeness (QED) is 0.780. The van der Waals surface area contributed by atoms with Gasteiger partial charge in [0.05, 0.1) is 12.2 Å². The van der Waals surface area contributed by atoms with E-state index < -0.39 is 25.0 Å². The van der Waals surface area contributed by atoms with E-state index in [1.54, 1.807) is 18.7 Å². The van der Waals surface area contributed by atoms with E-state index in [4.69, 9.17) is 5.11 Å². The number of aryl methyl sites for hydroxylation is 2. The Morgan fingerprint density at radius 1 is 1.53 bits per heavy atom. The highest BCUT2D eigenvalue weighted by Crippen LogP contribution is 2.13. The van der Waals surface area contributed by atoms with Crippen molar-refractivity contribution in [2.45, 2.75) is 19.8 Å². The third-order valence-electron chi connectivity index (χ3n) is 2.72. The summed E-state index contributed by atoms with van der Waals surface area (Å²) in [6.45, 7) is 1.46. The first-order valence-electron chi connectivity index (χ1n) is 5.71. The van der Waals surface area contributed by atoms with Crippen molar-refractivity contribution in [1.82, 2.24) is 15.1 Å². The predicted molar refractivity (Wildman–Crippen MR) is 66.8 cm³/mol. The second-order valence-electron chi connectivity index (χ2n) is 4.27. The van der Waals surface area contributed by atoms with Crippen LogP contribution in [0, 0.1) is 13.8 Å². The molecule has 0 saturated heterocycles. The summed E-state index contributed by atoms with van der Waals surface area (Å²) < 4.78 is 27.1.